The molecule has 5 rings (SSSR count). The fourth-order valence-electron chi connectivity index (χ4n) is 4.48. The van der Waals surface area contributed by atoms with Crippen molar-refractivity contribution in [1.82, 2.24) is 34.7 Å². The zero-order valence-electron chi connectivity index (χ0n) is 21.3. The quantitative estimate of drug-likeness (QED) is 0.452. The first-order chi connectivity index (χ1) is 17.7. The molecule has 0 aromatic carbocycles. The molecule has 1 amide bonds. The number of hydrogen-bond donors (Lipinski definition) is 1. The van der Waals surface area contributed by atoms with Crippen molar-refractivity contribution >= 4 is 17.4 Å². The van der Waals surface area contributed by atoms with E-state index in [4.69, 9.17) is 14.7 Å². The van der Waals surface area contributed by atoms with Gasteiger partial charge in [-0.2, -0.15) is 15.5 Å². The van der Waals surface area contributed by atoms with Crippen LogP contribution in [0.4, 0.5) is 10.6 Å². The number of nitrogens with one attached hydrogen (secondary N) is 1. The highest BCUT2D eigenvalue weighted by atomic mass is 16.6. The molecule has 190 valence electrons. The molecule has 1 aliphatic rings. The van der Waals surface area contributed by atoms with E-state index in [-0.39, 0.29) is 6.04 Å². The number of pyridine rings is 1. The third-order valence-electron chi connectivity index (χ3n) is 6.11. The monoisotopic (exact) mass is 499 g/mol. The summed E-state index contributed by atoms with van der Waals surface area (Å²) in [6, 6.07) is 6.09. The molecule has 0 saturated carbocycles. The number of aryl methyl sites for hydroxylation is 1. The summed E-state index contributed by atoms with van der Waals surface area (Å²) in [4.78, 5) is 24.0. The van der Waals surface area contributed by atoms with Gasteiger partial charge in [0.25, 0.3) is 0 Å². The Bertz CT molecular complexity index is 1470. The number of fused-ring (bicyclic) bond motifs is 1. The van der Waals surface area contributed by atoms with E-state index in [1.807, 2.05) is 46.1 Å². The first-order valence-corrected chi connectivity index (χ1v) is 12.2. The van der Waals surface area contributed by atoms with Crippen LogP contribution in [0.25, 0.3) is 28.0 Å². The lowest BCUT2D eigenvalue weighted by molar-refractivity contribution is 0.0500. The van der Waals surface area contributed by atoms with Crippen molar-refractivity contribution in [1.29, 1.82) is 5.26 Å². The summed E-state index contributed by atoms with van der Waals surface area (Å²) in [7, 11) is 1.85. The predicted molar refractivity (Wildman–Crippen MR) is 138 cm³/mol. The third-order valence-corrected chi connectivity index (χ3v) is 6.11. The zero-order valence-corrected chi connectivity index (χ0v) is 21.3. The standard InChI is InChI=1S/C26H29N9O2/c1-26(2,3)37-25(36)31-20-6-5-9-34(15-20)22-8-7-17(11-28-22)23-24-18(10-27)12-30-35(24)16-21(32-23)19-13-29-33(4)14-19/h7-8,11-14,16,20H,5-6,9,15H2,1-4H3,(H,31,36)/t20-/m0/s1. The molecule has 0 aliphatic carbocycles. The van der Waals surface area contributed by atoms with Gasteiger partial charge in [-0.25, -0.2) is 19.3 Å². The second-order valence-electron chi connectivity index (χ2n) is 10.2. The molecule has 4 aromatic rings. The lowest BCUT2D eigenvalue weighted by atomic mass is 10.1. The molecular weight excluding hydrogens is 470 g/mol. The highest BCUT2D eigenvalue weighted by Gasteiger charge is 2.25. The Morgan fingerprint density at radius 2 is 2.00 bits per heavy atom. The van der Waals surface area contributed by atoms with Crippen molar-refractivity contribution in [3.05, 3.63) is 48.7 Å². The van der Waals surface area contributed by atoms with Crippen LogP contribution >= 0.6 is 0 Å². The van der Waals surface area contributed by atoms with E-state index in [9.17, 15) is 10.1 Å². The van der Waals surface area contributed by atoms with Gasteiger partial charge < -0.3 is 15.0 Å². The van der Waals surface area contributed by atoms with E-state index in [0.29, 0.717) is 29.0 Å². The molecule has 0 radical (unpaired) electrons. The summed E-state index contributed by atoms with van der Waals surface area (Å²) in [6.07, 6.45) is 10.1. The Balaban J connectivity index is 1.41. The highest BCUT2D eigenvalue weighted by molar-refractivity contribution is 5.83. The van der Waals surface area contributed by atoms with Crippen molar-refractivity contribution in [2.45, 2.75) is 45.3 Å². The van der Waals surface area contributed by atoms with Gasteiger partial charge in [-0.1, -0.05) is 0 Å². The van der Waals surface area contributed by atoms with Crippen LogP contribution in [0.15, 0.2) is 43.1 Å². The van der Waals surface area contributed by atoms with Gasteiger partial charge in [0.05, 0.1) is 30.0 Å². The molecule has 1 saturated heterocycles. The van der Waals surface area contributed by atoms with Crippen LogP contribution in [0.1, 0.15) is 39.2 Å². The maximum absolute atomic E-state index is 12.2. The fourth-order valence-corrected chi connectivity index (χ4v) is 4.48. The number of aromatic nitrogens is 6. The predicted octanol–water partition coefficient (Wildman–Crippen LogP) is 3.56. The maximum atomic E-state index is 12.2. The average Bonchev–Trinajstić information content (AvgIpc) is 3.48. The van der Waals surface area contributed by atoms with Crippen LogP contribution < -0.4 is 10.2 Å². The van der Waals surface area contributed by atoms with Gasteiger partial charge >= 0.3 is 6.09 Å². The minimum atomic E-state index is -0.537. The number of hydrogen-bond acceptors (Lipinski definition) is 8. The van der Waals surface area contributed by atoms with E-state index in [1.54, 1.807) is 34.0 Å². The average molecular weight is 500 g/mol. The molecule has 37 heavy (non-hydrogen) atoms. The number of carbonyl (C=O) groups is 1. The fraction of sp³-hybridized carbons (Fsp3) is 0.385. The van der Waals surface area contributed by atoms with Crippen LogP contribution in [0.3, 0.4) is 0 Å². The third kappa shape index (κ3) is 5.23. The molecule has 1 aliphatic heterocycles. The van der Waals surface area contributed by atoms with Crippen molar-refractivity contribution in [3.8, 4) is 28.6 Å². The SMILES string of the molecule is Cn1cc(-c2cn3ncc(C#N)c3c(-c3ccc(N4CCC[C@H](NC(=O)OC(C)(C)C)C4)nc3)n2)cn1. The molecule has 4 aromatic heterocycles. The molecule has 11 nitrogen and oxygen atoms in total. The Kier molecular flexibility index (Phi) is 6.25. The van der Waals surface area contributed by atoms with Crippen LogP contribution in [0.2, 0.25) is 0 Å². The largest absolute Gasteiger partial charge is 0.444 e. The second kappa shape index (κ2) is 9.54. The number of ether oxygens (including phenoxy) is 1. The summed E-state index contributed by atoms with van der Waals surface area (Å²) < 4.78 is 8.80. The van der Waals surface area contributed by atoms with Crippen molar-refractivity contribution < 1.29 is 9.53 Å². The molecule has 1 N–H and O–H groups in total. The summed E-state index contributed by atoms with van der Waals surface area (Å²) in [5.74, 6) is 0.813. The molecule has 1 atom stereocenters. The van der Waals surface area contributed by atoms with Crippen molar-refractivity contribution in [2.75, 3.05) is 18.0 Å². The van der Waals surface area contributed by atoms with Crippen molar-refractivity contribution in [2.24, 2.45) is 7.05 Å². The minimum Gasteiger partial charge on any atom is -0.444 e. The smallest absolute Gasteiger partial charge is 0.407 e. The number of nitriles is 1. The van der Waals surface area contributed by atoms with Gasteiger partial charge in [0.15, 0.2) is 0 Å². The topological polar surface area (TPSA) is 126 Å². The zero-order chi connectivity index (χ0) is 26.2. The summed E-state index contributed by atoms with van der Waals surface area (Å²) in [6.45, 7) is 7.04. The molecule has 11 heteroatoms. The Hall–Kier alpha value is -4.46. The minimum absolute atomic E-state index is 0.0208. The molecule has 0 bridgehead atoms. The summed E-state index contributed by atoms with van der Waals surface area (Å²) in [5, 5.41) is 21.2. The van der Waals surface area contributed by atoms with Gasteiger partial charge in [0.2, 0.25) is 0 Å². The maximum Gasteiger partial charge on any atom is 0.407 e. The Morgan fingerprint density at radius 3 is 2.68 bits per heavy atom. The first-order valence-electron chi connectivity index (χ1n) is 12.2. The van der Waals surface area contributed by atoms with Gasteiger partial charge in [-0.05, 0) is 45.7 Å². The van der Waals surface area contributed by atoms with E-state index >= 15 is 0 Å². The Labute approximate surface area is 214 Å². The highest BCUT2D eigenvalue weighted by Crippen LogP contribution is 2.29. The lowest BCUT2D eigenvalue weighted by Gasteiger charge is -2.34. The van der Waals surface area contributed by atoms with Crippen LogP contribution in [0.5, 0.6) is 0 Å². The van der Waals surface area contributed by atoms with Crippen LogP contribution in [0, 0.1) is 11.3 Å². The number of amides is 1. The molecule has 5 heterocycles. The van der Waals surface area contributed by atoms with E-state index in [0.717, 1.165) is 36.3 Å². The molecular formula is C26H29N9O2. The van der Waals surface area contributed by atoms with Crippen molar-refractivity contribution in [3.63, 3.8) is 0 Å². The van der Waals surface area contributed by atoms with Gasteiger partial charge in [0.1, 0.15) is 28.6 Å². The molecule has 0 spiro atoms. The first kappa shape index (κ1) is 24.2. The Morgan fingerprint density at radius 1 is 1.16 bits per heavy atom. The molecule has 0 unspecified atom stereocenters. The van der Waals surface area contributed by atoms with E-state index < -0.39 is 11.7 Å². The van der Waals surface area contributed by atoms with E-state index in [2.05, 4.69) is 26.5 Å². The number of nitrogens with zero attached hydrogens (tertiary/aromatic N) is 8. The summed E-state index contributed by atoms with van der Waals surface area (Å²) >= 11 is 0. The number of piperidine rings is 1. The summed E-state index contributed by atoms with van der Waals surface area (Å²) in [5.41, 5.74) is 3.47. The van der Waals surface area contributed by atoms with Gasteiger partial charge in [-0.15, -0.1) is 0 Å². The van der Waals surface area contributed by atoms with Crippen LogP contribution in [-0.4, -0.2) is 60.2 Å². The van der Waals surface area contributed by atoms with Gasteiger partial charge in [0, 0.05) is 49.7 Å². The number of carbonyl (C=O) groups excluding carboxylic acids is 1. The molecule has 1 fully saturated rings. The van der Waals surface area contributed by atoms with Gasteiger partial charge in [-0.3, -0.25) is 4.68 Å². The normalized spacial score (nSPS) is 16.0. The number of rotatable bonds is 4. The van der Waals surface area contributed by atoms with E-state index in [1.165, 1.54) is 0 Å². The number of anilines is 1. The van der Waals surface area contributed by atoms with Crippen LogP contribution in [-0.2, 0) is 11.8 Å². The second-order valence-corrected chi connectivity index (χ2v) is 10.2. The lowest BCUT2D eigenvalue weighted by Crippen LogP contribution is -2.49. The number of alkyl carbamates (subject to hydrolysis) is 1.